The van der Waals surface area contributed by atoms with E-state index in [4.69, 9.17) is 16.3 Å². The van der Waals surface area contributed by atoms with Crippen molar-refractivity contribution >= 4 is 58.2 Å². The van der Waals surface area contributed by atoms with Crippen LogP contribution in [0.1, 0.15) is 39.4 Å². The molecular weight excluding hydrogens is 482 g/mol. The van der Waals surface area contributed by atoms with Crippen molar-refractivity contribution in [2.24, 2.45) is 0 Å². The highest BCUT2D eigenvalue weighted by Crippen LogP contribution is 2.21. The van der Waals surface area contributed by atoms with Gasteiger partial charge in [-0.15, -0.1) is 11.3 Å². The summed E-state index contributed by atoms with van der Waals surface area (Å²) < 4.78 is 0. The molecule has 0 radical (unpaired) electrons. The van der Waals surface area contributed by atoms with Gasteiger partial charge < -0.3 is 11.5 Å². The molecule has 0 aliphatic rings. The van der Waals surface area contributed by atoms with Crippen LogP contribution in [-0.4, -0.2) is 62.4 Å². The van der Waals surface area contributed by atoms with E-state index in [0.29, 0.717) is 20.8 Å². The molecule has 0 aromatic carbocycles. The normalized spacial score (nSPS) is 10.3. The van der Waals surface area contributed by atoms with E-state index in [2.05, 4.69) is 19.9 Å². The van der Waals surface area contributed by atoms with E-state index in [1.165, 1.54) is 61.4 Å². The average molecular weight is 508 g/mol. The summed E-state index contributed by atoms with van der Waals surface area (Å²) in [6, 6.07) is 3.59. The topological polar surface area (TPSA) is 150 Å². The van der Waals surface area contributed by atoms with Crippen LogP contribution in [0.3, 0.4) is 0 Å². The number of amides is 1. The molecule has 3 rings (SSSR count). The Labute approximate surface area is 204 Å². The monoisotopic (exact) mass is 507 g/mol. The summed E-state index contributed by atoms with van der Waals surface area (Å²) in [5, 5.41) is 4.09. The third-order valence-electron chi connectivity index (χ3n) is 3.92. The van der Waals surface area contributed by atoms with Gasteiger partial charge in [-0.3, -0.25) is 14.4 Å². The van der Waals surface area contributed by atoms with Crippen molar-refractivity contribution in [2.45, 2.75) is 24.2 Å². The number of ketones is 1. The Morgan fingerprint density at radius 1 is 1.03 bits per heavy atom. The first-order valence-electron chi connectivity index (χ1n) is 9.73. The van der Waals surface area contributed by atoms with Gasteiger partial charge in [0.2, 0.25) is 5.78 Å². The minimum Gasteiger partial charge on any atom is -0.383 e. The number of aromatic nitrogens is 4. The van der Waals surface area contributed by atoms with E-state index in [-0.39, 0.29) is 28.9 Å². The van der Waals surface area contributed by atoms with Crippen LogP contribution in [0.4, 0.5) is 11.6 Å². The van der Waals surface area contributed by atoms with Crippen molar-refractivity contribution in [2.75, 3.05) is 37.1 Å². The second kappa shape index (κ2) is 13.1. The van der Waals surface area contributed by atoms with Crippen molar-refractivity contribution in [3.8, 4) is 0 Å². The van der Waals surface area contributed by atoms with Crippen molar-refractivity contribution in [1.29, 1.82) is 0 Å². The van der Waals surface area contributed by atoms with Gasteiger partial charge in [0.15, 0.2) is 10.3 Å². The average Bonchev–Trinajstić information content (AvgIpc) is 3.34. The second-order valence-corrected chi connectivity index (χ2v) is 9.47. The maximum absolute atomic E-state index is 12.0. The molecule has 0 saturated carbocycles. The Hall–Kier alpha value is -2.74. The lowest BCUT2D eigenvalue weighted by Gasteiger charge is -2.14. The molecule has 0 fully saturated rings. The number of hydroxylamine groups is 2. The maximum atomic E-state index is 12.0. The minimum atomic E-state index is -0.368. The molecule has 13 heteroatoms. The molecule has 33 heavy (non-hydrogen) atoms. The smallest absolute Gasteiger partial charge is 0.282 e. The van der Waals surface area contributed by atoms with Crippen molar-refractivity contribution in [1.82, 2.24) is 25.0 Å². The lowest BCUT2D eigenvalue weighted by atomic mass is 10.2. The van der Waals surface area contributed by atoms with E-state index in [1.54, 1.807) is 6.07 Å². The Bertz CT molecular complexity index is 1080. The number of nitrogens with zero attached hydrogens (tertiary/aromatic N) is 5. The first-order valence-corrected chi connectivity index (χ1v) is 12.6. The molecule has 3 heterocycles. The number of anilines is 2. The van der Waals surface area contributed by atoms with Crippen LogP contribution in [0.15, 0.2) is 40.2 Å². The number of carbonyl (C=O) groups excluding carboxylic acids is 2. The van der Waals surface area contributed by atoms with Crippen molar-refractivity contribution < 1.29 is 14.4 Å². The summed E-state index contributed by atoms with van der Waals surface area (Å²) in [5.41, 5.74) is 12.1. The largest absolute Gasteiger partial charge is 0.383 e. The zero-order chi connectivity index (χ0) is 24.4. The molecule has 4 N–H and O–H groups in total. The second-order valence-electron chi connectivity index (χ2n) is 6.06. The maximum Gasteiger partial charge on any atom is 0.282 e. The Morgan fingerprint density at radius 3 is 2.00 bits per heavy atom. The quantitative estimate of drug-likeness (QED) is 0.200. The van der Waals surface area contributed by atoms with Crippen molar-refractivity contribution in [3.05, 3.63) is 45.9 Å². The van der Waals surface area contributed by atoms with Crippen LogP contribution in [0.5, 0.6) is 0 Å². The predicted octanol–water partition coefficient (Wildman–Crippen LogP) is 3.27. The molecule has 0 spiro atoms. The first kappa shape index (κ1) is 26.5. The van der Waals surface area contributed by atoms with Crippen LogP contribution in [0, 0.1) is 0 Å². The number of thiophene rings is 1. The Morgan fingerprint density at radius 2 is 1.58 bits per heavy atom. The number of nitrogens with two attached hydrogens (primary N) is 2. The van der Waals surface area contributed by atoms with Gasteiger partial charge in [-0.25, -0.2) is 25.0 Å². The molecule has 0 bridgehead atoms. The van der Waals surface area contributed by atoms with E-state index < -0.39 is 0 Å². The fourth-order valence-electron chi connectivity index (χ4n) is 2.29. The SMILES string of the molecule is CCSc1ncc(C(=O)N(C)OC)c(N)n1.CCSc1ncc(C(=O)c2cccs2)c(N)n1. The predicted molar refractivity (Wildman–Crippen MR) is 133 cm³/mol. The summed E-state index contributed by atoms with van der Waals surface area (Å²) in [6.07, 6.45) is 2.92. The Balaban J connectivity index is 0.000000234. The first-order chi connectivity index (χ1) is 15.8. The molecule has 0 unspecified atom stereocenters. The summed E-state index contributed by atoms with van der Waals surface area (Å²) in [4.78, 5) is 45.4. The fraction of sp³-hybridized carbons (Fsp3) is 0.300. The molecule has 0 atom stereocenters. The van der Waals surface area contributed by atoms with E-state index >= 15 is 0 Å². The number of thioether (sulfide) groups is 2. The van der Waals surface area contributed by atoms with Gasteiger partial charge in [0.1, 0.15) is 17.2 Å². The number of hydrogen-bond acceptors (Lipinski definition) is 12. The van der Waals surface area contributed by atoms with Crippen LogP contribution >= 0.6 is 34.9 Å². The van der Waals surface area contributed by atoms with Gasteiger partial charge in [-0.1, -0.05) is 43.4 Å². The third kappa shape index (κ3) is 7.39. The third-order valence-corrected chi connectivity index (χ3v) is 6.27. The summed E-state index contributed by atoms with van der Waals surface area (Å²) in [5.74, 6) is 1.65. The number of nitrogen functional groups attached to an aromatic ring is 2. The highest BCUT2D eigenvalue weighted by atomic mass is 32.2. The fourth-order valence-corrected chi connectivity index (χ4v) is 4.06. The standard InChI is InChI=1S/C11H11N3OS2.C9H14N4O2S/c1-2-16-11-13-6-7(10(12)14-11)9(15)8-4-3-5-17-8;1-4-16-9-11-5-6(7(10)12-9)8(14)13(2)15-3/h3-6H,2H2,1H3,(H2,12,13,14);5H,4H2,1-3H3,(H2,10,11,12). The number of carbonyl (C=O) groups is 2. The van der Waals surface area contributed by atoms with E-state index in [9.17, 15) is 9.59 Å². The van der Waals surface area contributed by atoms with Gasteiger partial charge >= 0.3 is 0 Å². The number of rotatable bonds is 8. The van der Waals surface area contributed by atoms with Crippen LogP contribution in [0.2, 0.25) is 0 Å². The lowest BCUT2D eigenvalue weighted by molar-refractivity contribution is -0.0756. The zero-order valence-electron chi connectivity index (χ0n) is 18.6. The lowest BCUT2D eigenvalue weighted by Crippen LogP contribution is -2.26. The van der Waals surface area contributed by atoms with Crippen molar-refractivity contribution in [3.63, 3.8) is 0 Å². The molecule has 0 aliphatic carbocycles. The molecule has 10 nitrogen and oxygen atoms in total. The molecule has 176 valence electrons. The number of hydrogen-bond donors (Lipinski definition) is 2. The molecule has 0 aliphatic heterocycles. The molecular formula is C20H25N7O3S3. The zero-order valence-corrected chi connectivity index (χ0v) is 21.1. The van der Waals surface area contributed by atoms with Gasteiger partial charge in [-0.2, -0.15) is 0 Å². The van der Waals surface area contributed by atoms with E-state index in [0.717, 1.165) is 16.6 Å². The molecule has 3 aromatic heterocycles. The molecule has 3 aromatic rings. The van der Waals surface area contributed by atoms with E-state index in [1.807, 2.05) is 25.3 Å². The highest BCUT2D eigenvalue weighted by Gasteiger charge is 2.17. The van der Waals surface area contributed by atoms with Gasteiger partial charge in [-0.05, 0) is 23.0 Å². The molecule has 0 saturated heterocycles. The summed E-state index contributed by atoms with van der Waals surface area (Å²) in [7, 11) is 2.90. The van der Waals surface area contributed by atoms with Crippen LogP contribution in [0.25, 0.3) is 0 Å². The highest BCUT2D eigenvalue weighted by molar-refractivity contribution is 7.99. The molecule has 1 amide bonds. The Kier molecular flexibility index (Phi) is 10.5. The van der Waals surface area contributed by atoms with Gasteiger partial charge in [0.05, 0.1) is 17.6 Å². The van der Waals surface area contributed by atoms with Gasteiger partial charge in [0, 0.05) is 19.4 Å². The van der Waals surface area contributed by atoms with Crippen LogP contribution < -0.4 is 11.5 Å². The summed E-state index contributed by atoms with van der Waals surface area (Å²) in [6.45, 7) is 4.00. The van der Waals surface area contributed by atoms with Crippen LogP contribution in [-0.2, 0) is 4.84 Å². The summed E-state index contributed by atoms with van der Waals surface area (Å²) >= 11 is 4.35. The van der Waals surface area contributed by atoms with Gasteiger partial charge in [0.25, 0.3) is 5.91 Å². The minimum absolute atomic E-state index is 0.120.